The van der Waals surface area contributed by atoms with Gasteiger partial charge in [0.1, 0.15) is 11.9 Å². The lowest BCUT2D eigenvalue weighted by Crippen LogP contribution is -2.51. The van der Waals surface area contributed by atoms with E-state index in [0.29, 0.717) is 17.9 Å². The van der Waals surface area contributed by atoms with Gasteiger partial charge in [-0.3, -0.25) is 0 Å². The van der Waals surface area contributed by atoms with Crippen molar-refractivity contribution in [2.24, 2.45) is 5.92 Å². The molecule has 0 amide bonds. The number of hydrogen-bond acceptors (Lipinski definition) is 2. The molecule has 0 saturated carbocycles. The number of hydrogen-bond donors (Lipinski definition) is 0. The third-order valence-electron chi connectivity index (χ3n) is 5.49. The van der Waals surface area contributed by atoms with Crippen LogP contribution in [0.15, 0.2) is 35.9 Å². The van der Waals surface area contributed by atoms with Gasteiger partial charge in [0.15, 0.2) is 0 Å². The van der Waals surface area contributed by atoms with Gasteiger partial charge in [-0.2, -0.15) is 0 Å². The highest BCUT2D eigenvalue weighted by Crippen LogP contribution is 2.46. The Morgan fingerprint density at radius 3 is 2.70 bits per heavy atom. The van der Waals surface area contributed by atoms with Gasteiger partial charge < -0.3 is 9.64 Å². The number of fused-ring (bicyclic) bond motifs is 2. The van der Waals surface area contributed by atoms with Gasteiger partial charge in [0.2, 0.25) is 0 Å². The summed E-state index contributed by atoms with van der Waals surface area (Å²) in [5, 5.41) is 0. The fourth-order valence-electron chi connectivity index (χ4n) is 4.26. The molecule has 1 aliphatic carbocycles. The molecule has 3 aliphatic rings. The lowest BCUT2D eigenvalue weighted by Gasteiger charge is -2.46. The maximum absolute atomic E-state index is 6.43. The van der Waals surface area contributed by atoms with Crippen LogP contribution in [-0.4, -0.2) is 18.7 Å². The van der Waals surface area contributed by atoms with E-state index in [1.807, 2.05) is 0 Å². The fourth-order valence-corrected chi connectivity index (χ4v) is 4.26. The summed E-state index contributed by atoms with van der Waals surface area (Å²) in [4.78, 5) is 2.60. The van der Waals surface area contributed by atoms with Gasteiger partial charge >= 0.3 is 0 Å². The van der Waals surface area contributed by atoms with E-state index >= 15 is 0 Å². The zero-order valence-corrected chi connectivity index (χ0v) is 14.7. The molecule has 2 aliphatic heterocycles. The second-order valence-electron chi connectivity index (χ2n) is 7.69. The Balaban J connectivity index is 1.80. The van der Waals surface area contributed by atoms with Crippen molar-refractivity contribution in [1.82, 2.24) is 0 Å². The summed E-state index contributed by atoms with van der Waals surface area (Å²) in [6.45, 7) is 10.2. The predicted octanol–water partition coefficient (Wildman–Crippen LogP) is 4.84. The average Bonchev–Trinajstić information content (AvgIpc) is 2.54. The van der Waals surface area contributed by atoms with Crippen molar-refractivity contribution in [1.29, 1.82) is 0 Å². The van der Waals surface area contributed by atoms with Crippen molar-refractivity contribution in [3.63, 3.8) is 0 Å². The summed E-state index contributed by atoms with van der Waals surface area (Å²) in [5.41, 5.74) is 5.78. The zero-order chi connectivity index (χ0) is 16.1. The molecule has 0 bridgehead atoms. The molecule has 122 valence electrons. The molecule has 2 heteroatoms. The number of nitrogens with zero attached hydrogens (tertiary/aromatic N) is 1. The summed E-state index contributed by atoms with van der Waals surface area (Å²) >= 11 is 0. The van der Waals surface area contributed by atoms with Gasteiger partial charge in [-0.25, -0.2) is 0 Å². The maximum Gasteiger partial charge on any atom is 0.143 e. The minimum atomic E-state index is 0.153. The molecule has 0 saturated heterocycles. The molecule has 0 fully saturated rings. The van der Waals surface area contributed by atoms with Crippen LogP contribution in [-0.2, 0) is 6.42 Å². The van der Waals surface area contributed by atoms with E-state index in [-0.39, 0.29) is 6.10 Å². The first-order valence-electron chi connectivity index (χ1n) is 9.05. The number of ether oxygens (including phenoxy) is 1. The molecule has 0 N–H and O–H groups in total. The quantitative estimate of drug-likeness (QED) is 0.774. The second kappa shape index (κ2) is 5.43. The van der Waals surface area contributed by atoms with Crippen molar-refractivity contribution in [2.45, 2.75) is 58.6 Å². The Labute approximate surface area is 139 Å². The third kappa shape index (κ3) is 2.31. The highest BCUT2D eigenvalue weighted by molar-refractivity contribution is 5.71. The molecule has 1 aromatic rings. The van der Waals surface area contributed by atoms with Crippen LogP contribution >= 0.6 is 0 Å². The van der Waals surface area contributed by atoms with Crippen LogP contribution in [0.25, 0.3) is 0 Å². The van der Waals surface area contributed by atoms with E-state index in [0.717, 1.165) is 12.3 Å². The van der Waals surface area contributed by atoms with E-state index in [1.54, 1.807) is 0 Å². The van der Waals surface area contributed by atoms with Crippen molar-refractivity contribution < 1.29 is 4.74 Å². The van der Waals surface area contributed by atoms with Crippen molar-refractivity contribution in [3.05, 3.63) is 47.1 Å². The highest BCUT2D eigenvalue weighted by Gasteiger charge is 2.38. The molecule has 2 heterocycles. The third-order valence-corrected chi connectivity index (χ3v) is 5.49. The Hall–Kier alpha value is -1.70. The minimum Gasteiger partial charge on any atom is -0.482 e. The molecule has 2 atom stereocenters. The zero-order valence-electron chi connectivity index (χ0n) is 14.7. The summed E-state index contributed by atoms with van der Waals surface area (Å²) < 4.78 is 6.43. The van der Waals surface area contributed by atoms with Crippen LogP contribution < -0.4 is 9.64 Å². The predicted molar refractivity (Wildman–Crippen MR) is 96.5 cm³/mol. The standard InChI is InChI=1S/C21H27NO/c1-13(2)15-7-9-18-20(12-15)23-19-10-8-16(14(3)4)17-6-5-11-22(18)21(17)19/h7-10,12-14,18,20H,5-6,11H2,1-4H3. The van der Waals surface area contributed by atoms with Crippen LogP contribution in [0.1, 0.15) is 51.2 Å². The van der Waals surface area contributed by atoms with Crippen LogP contribution in [0, 0.1) is 5.92 Å². The maximum atomic E-state index is 6.43. The van der Waals surface area contributed by atoms with Crippen LogP contribution in [0.4, 0.5) is 5.69 Å². The molecule has 1 aromatic carbocycles. The SMILES string of the molecule is CC(C)C1=CC2Oc3ccc(C(C)C)c4c3N(CCC4)C2C=C1. The van der Waals surface area contributed by atoms with Gasteiger partial charge in [-0.15, -0.1) is 0 Å². The topological polar surface area (TPSA) is 12.5 Å². The smallest absolute Gasteiger partial charge is 0.143 e. The van der Waals surface area contributed by atoms with Crippen LogP contribution in [0.3, 0.4) is 0 Å². The first-order valence-corrected chi connectivity index (χ1v) is 9.05. The van der Waals surface area contributed by atoms with Crippen LogP contribution in [0.5, 0.6) is 5.75 Å². The highest BCUT2D eigenvalue weighted by atomic mass is 16.5. The molecule has 2 unspecified atom stereocenters. The second-order valence-corrected chi connectivity index (χ2v) is 7.69. The minimum absolute atomic E-state index is 0.153. The van der Waals surface area contributed by atoms with Crippen LogP contribution in [0.2, 0.25) is 0 Å². The van der Waals surface area contributed by atoms with E-state index in [2.05, 4.69) is 63.0 Å². The molecule has 2 nitrogen and oxygen atoms in total. The molecular formula is C21H27NO. The summed E-state index contributed by atoms with van der Waals surface area (Å²) in [6.07, 6.45) is 9.59. The lowest BCUT2D eigenvalue weighted by atomic mass is 9.85. The van der Waals surface area contributed by atoms with Gasteiger partial charge in [0, 0.05) is 6.54 Å². The fraction of sp³-hybridized carbons (Fsp3) is 0.524. The Morgan fingerprint density at radius 2 is 1.96 bits per heavy atom. The summed E-state index contributed by atoms with van der Waals surface area (Å²) in [5.74, 6) is 2.21. The molecule has 4 rings (SSSR count). The molecule has 0 aromatic heterocycles. The first kappa shape index (κ1) is 14.9. The van der Waals surface area contributed by atoms with Crippen molar-refractivity contribution >= 4 is 5.69 Å². The summed E-state index contributed by atoms with van der Waals surface area (Å²) in [6, 6.07) is 4.84. The number of anilines is 1. The van der Waals surface area contributed by atoms with Gasteiger partial charge in [-0.1, -0.05) is 45.9 Å². The van der Waals surface area contributed by atoms with E-state index in [4.69, 9.17) is 4.74 Å². The van der Waals surface area contributed by atoms with E-state index in [1.165, 1.54) is 35.2 Å². The molecule has 0 spiro atoms. The Kier molecular flexibility index (Phi) is 3.51. The van der Waals surface area contributed by atoms with Gasteiger partial charge in [0.25, 0.3) is 0 Å². The Bertz CT molecular complexity index is 683. The van der Waals surface area contributed by atoms with Gasteiger partial charge in [-0.05, 0) is 53.5 Å². The Morgan fingerprint density at radius 1 is 1.13 bits per heavy atom. The number of rotatable bonds is 2. The van der Waals surface area contributed by atoms with E-state index in [9.17, 15) is 0 Å². The monoisotopic (exact) mass is 309 g/mol. The molecule has 0 radical (unpaired) electrons. The number of allylic oxidation sites excluding steroid dienone is 2. The van der Waals surface area contributed by atoms with E-state index < -0.39 is 0 Å². The molecular weight excluding hydrogens is 282 g/mol. The van der Waals surface area contributed by atoms with Gasteiger partial charge in [0.05, 0.1) is 11.7 Å². The summed E-state index contributed by atoms with van der Waals surface area (Å²) in [7, 11) is 0. The first-order chi connectivity index (χ1) is 11.1. The normalized spacial score (nSPS) is 25.1. The largest absolute Gasteiger partial charge is 0.482 e. The lowest BCUT2D eigenvalue weighted by molar-refractivity contribution is 0.207. The van der Waals surface area contributed by atoms with Crippen molar-refractivity contribution in [2.75, 3.05) is 11.4 Å². The van der Waals surface area contributed by atoms with Crippen molar-refractivity contribution in [3.8, 4) is 5.75 Å². The molecule has 23 heavy (non-hydrogen) atoms. The number of benzene rings is 1. The average molecular weight is 309 g/mol.